The number of benzene rings is 1. The van der Waals surface area contributed by atoms with Gasteiger partial charge in [0, 0.05) is 17.3 Å². The Hall–Kier alpha value is -1.19. The zero-order valence-corrected chi connectivity index (χ0v) is 13.0. The van der Waals surface area contributed by atoms with Gasteiger partial charge < -0.3 is 5.32 Å². The predicted octanol–water partition coefficient (Wildman–Crippen LogP) is 4.09. The summed E-state index contributed by atoms with van der Waals surface area (Å²) in [6.07, 6.45) is 3.58. The molecule has 0 saturated carbocycles. The third-order valence-electron chi connectivity index (χ3n) is 4.19. The van der Waals surface area contributed by atoms with Crippen LogP contribution in [0.15, 0.2) is 29.6 Å². The number of nitrogens with zero attached hydrogens (tertiary/aromatic N) is 1. The molecule has 0 bridgehead atoms. The Bertz CT molecular complexity index is 576. The topological polar surface area (TPSA) is 24.9 Å². The molecule has 106 valence electrons. The molecule has 1 aliphatic carbocycles. The van der Waals surface area contributed by atoms with E-state index in [1.54, 1.807) is 0 Å². The highest BCUT2D eigenvalue weighted by Gasteiger charge is 2.22. The van der Waals surface area contributed by atoms with Crippen molar-refractivity contribution < 1.29 is 0 Å². The molecule has 1 aliphatic rings. The van der Waals surface area contributed by atoms with Crippen molar-refractivity contribution in [3.05, 3.63) is 51.5 Å². The summed E-state index contributed by atoms with van der Waals surface area (Å²) >= 11 is 1.83. The molecule has 2 aromatic rings. The van der Waals surface area contributed by atoms with Gasteiger partial charge in [0.15, 0.2) is 0 Å². The third-order valence-corrected chi connectivity index (χ3v) is 5.22. The first kappa shape index (κ1) is 13.8. The van der Waals surface area contributed by atoms with E-state index in [-0.39, 0.29) is 0 Å². The van der Waals surface area contributed by atoms with Crippen LogP contribution >= 0.6 is 11.3 Å². The van der Waals surface area contributed by atoms with Crippen molar-refractivity contribution in [1.82, 2.24) is 10.3 Å². The van der Waals surface area contributed by atoms with Crippen LogP contribution in [0.1, 0.15) is 54.1 Å². The second-order valence-corrected chi connectivity index (χ2v) is 6.49. The average molecular weight is 286 g/mol. The number of aromatic nitrogens is 1. The van der Waals surface area contributed by atoms with Gasteiger partial charge in [-0.25, -0.2) is 4.98 Å². The number of thiazole rings is 1. The maximum atomic E-state index is 4.88. The second-order valence-electron chi connectivity index (χ2n) is 5.60. The molecule has 2 atom stereocenters. The minimum atomic E-state index is 0.362. The van der Waals surface area contributed by atoms with Crippen LogP contribution in [-0.4, -0.2) is 11.5 Å². The van der Waals surface area contributed by atoms with Crippen LogP contribution in [0.4, 0.5) is 0 Å². The highest BCUT2D eigenvalue weighted by Crippen LogP contribution is 2.34. The summed E-state index contributed by atoms with van der Waals surface area (Å²) in [5, 5.41) is 6.98. The Kier molecular flexibility index (Phi) is 4.18. The van der Waals surface area contributed by atoms with Gasteiger partial charge in [0.2, 0.25) is 0 Å². The largest absolute Gasteiger partial charge is 0.309 e. The van der Waals surface area contributed by atoms with Crippen LogP contribution in [0.2, 0.25) is 0 Å². The number of fused-ring (bicyclic) bond motifs is 1. The number of hydrogen-bond donors (Lipinski definition) is 1. The van der Waals surface area contributed by atoms with Gasteiger partial charge in [-0.2, -0.15) is 0 Å². The summed E-state index contributed by atoms with van der Waals surface area (Å²) in [5.74, 6) is 0.609. The number of rotatable bonds is 4. The third kappa shape index (κ3) is 2.79. The number of hydrogen-bond acceptors (Lipinski definition) is 3. The van der Waals surface area contributed by atoms with E-state index in [0.29, 0.717) is 12.0 Å². The van der Waals surface area contributed by atoms with E-state index in [2.05, 4.69) is 48.8 Å². The molecule has 2 nitrogen and oxygen atoms in total. The SMILES string of the molecule is CCNC(C)c1csc(C2CCc3ccccc3C2)n1. The summed E-state index contributed by atoms with van der Waals surface area (Å²) in [6, 6.07) is 9.21. The van der Waals surface area contributed by atoms with Crippen LogP contribution in [0.5, 0.6) is 0 Å². The first-order valence-electron chi connectivity index (χ1n) is 7.53. The Morgan fingerprint density at radius 3 is 2.95 bits per heavy atom. The molecular weight excluding hydrogens is 264 g/mol. The van der Waals surface area contributed by atoms with Crippen LogP contribution < -0.4 is 5.32 Å². The van der Waals surface area contributed by atoms with E-state index in [1.165, 1.54) is 34.7 Å². The first-order chi connectivity index (χ1) is 9.78. The quantitative estimate of drug-likeness (QED) is 0.916. The lowest BCUT2D eigenvalue weighted by atomic mass is 9.84. The van der Waals surface area contributed by atoms with Crippen molar-refractivity contribution in [2.75, 3.05) is 6.54 Å². The van der Waals surface area contributed by atoms with Crippen molar-refractivity contribution in [3.8, 4) is 0 Å². The van der Waals surface area contributed by atoms with E-state index < -0.39 is 0 Å². The van der Waals surface area contributed by atoms with E-state index in [9.17, 15) is 0 Å². The van der Waals surface area contributed by atoms with Crippen LogP contribution in [0.3, 0.4) is 0 Å². The fraction of sp³-hybridized carbons (Fsp3) is 0.471. The Labute approximate surface area is 125 Å². The molecule has 0 amide bonds. The smallest absolute Gasteiger partial charge is 0.0963 e. The lowest BCUT2D eigenvalue weighted by Gasteiger charge is -2.22. The van der Waals surface area contributed by atoms with E-state index >= 15 is 0 Å². The predicted molar refractivity (Wildman–Crippen MR) is 85.4 cm³/mol. The molecule has 1 heterocycles. The van der Waals surface area contributed by atoms with Crippen molar-refractivity contribution in [2.24, 2.45) is 0 Å². The van der Waals surface area contributed by atoms with Gasteiger partial charge in [0.25, 0.3) is 0 Å². The van der Waals surface area contributed by atoms with Gasteiger partial charge in [0.1, 0.15) is 0 Å². The van der Waals surface area contributed by atoms with Crippen molar-refractivity contribution in [3.63, 3.8) is 0 Å². The summed E-state index contributed by atoms with van der Waals surface area (Å²) in [7, 11) is 0. The summed E-state index contributed by atoms with van der Waals surface area (Å²) in [5.41, 5.74) is 4.24. The van der Waals surface area contributed by atoms with Crippen LogP contribution in [0.25, 0.3) is 0 Å². The van der Waals surface area contributed by atoms with Crippen molar-refractivity contribution >= 4 is 11.3 Å². The van der Waals surface area contributed by atoms with Crippen molar-refractivity contribution in [2.45, 2.75) is 45.1 Å². The van der Waals surface area contributed by atoms with Crippen LogP contribution in [0, 0.1) is 0 Å². The highest BCUT2D eigenvalue weighted by molar-refractivity contribution is 7.09. The fourth-order valence-corrected chi connectivity index (χ4v) is 4.06. The lowest BCUT2D eigenvalue weighted by molar-refractivity contribution is 0.562. The van der Waals surface area contributed by atoms with Gasteiger partial charge in [-0.1, -0.05) is 31.2 Å². The maximum absolute atomic E-state index is 4.88. The molecule has 0 radical (unpaired) electrons. The van der Waals surface area contributed by atoms with E-state index in [4.69, 9.17) is 4.98 Å². The molecule has 0 fully saturated rings. The molecule has 1 N–H and O–H groups in total. The molecule has 0 spiro atoms. The van der Waals surface area contributed by atoms with Gasteiger partial charge in [0.05, 0.1) is 10.7 Å². The van der Waals surface area contributed by atoms with Gasteiger partial charge >= 0.3 is 0 Å². The minimum absolute atomic E-state index is 0.362. The lowest BCUT2D eigenvalue weighted by Crippen LogP contribution is -2.18. The standard InChI is InChI=1S/C17H22N2S/c1-3-18-12(2)16-11-20-17(19-16)15-9-8-13-6-4-5-7-14(13)10-15/h4-7,11-12,15,18H,3,8-10H2,1-2H3. The molecule has 0 saturated heterocycles. The normalized spacial score (nSPS) is 19.6. The molecular formula is C17H22N2S. The van der Waals surface area contributed by atoms with E-state index in [0.717, 1.165) is 13.0 Å². The number of nitrogens with one attached hydrogen (secondary N) is 1. The van der Waals surface area contributed by atoms with E-state index in [1.807, 2.05) is 11.3 Å². The molecule has 3 heteroatoms. The van der Waals surface area contributed by atoms with Crippen molar-refractivity contribution in [1.29, 1.82) is 0 Å². The molecule has 1 aromatic heterocycles. The minimum Gasteiger partial charge on any atom is -0.309 e. The van der Waals surface area contributed by atoms with Crippen LogP contribution in [-0.2, 0) is 12.8 Å². The van der Waals surface area contributed by atoms with Gasteiger partial charge in [-0.05, 0) is 43.9 Å². The Morgan fingerprint density at radius 1 is 1.35 bits per heavy atom. The zero-order valence-electron chi connectivity index (χ0n) is 12.2. The fourth-order valence-electron chi connectivity index (χ4n) is 3.01. The first-order valence-corrected chi connectivity index (χ1v) is 8.41. The molecule has 3 rings (SSSR count). The maximum Gasteiger partial charge on any atom is 0.0963 e. The summed E-state index contributed by atoms with van der Waals surface area (Å²) in [6.45, 7) is 5.32. The highest BCUT2D eigenvalue weighted by atomic mass is 32.1. The second kappa shape index (κ2) is 6.06. The van der Waals surface area contributed by atoms with Gasteiger partial charge in [-0.15, -0.1) is 11.3 Å². The van der Waals surface area contributed by atoms with Gasteiger partial charge in [-0.3, -0.25) is 0 Å². The molecule has 20 heavy (non-hydrogen) atoms. The molecule has 2 unspecified atom stereocenters. The average Bonchev–Trinajstić information content (AvgIpc) is 2.97. The Morgan fingerprint density at radius 2 is 2.15 bits per heavy atom. The monoisotopic (exact) mass is 286 g/mol. The summed E-state index contributed by atoms with van der Waals surface area (Å²) in [4.78, 5) is 4.88. The molecule has 1 aromatic carbocycles. The number of aryl methyl sites for hydroxylation is 1. The zero-order chi connectivity index (χ0) is 13.9. The summed E-state index contributed by atoms with van der Waals surface area (Å²) < 4.78 is 0. The Balaban J connectivity index is 1.75. The molecule has 0 aliphatic heterocycles.